The highest BCUT2D eigenvalue weighted by Crippen LogP contribution is 1.85. The van der Waals surface area contributed by atoms with Gasteiger partial charge in [0.2, 0.25) is 0 Å². The van der Waals surface area contributed by atoms with Crippen LogP contribution in [0.15, 0.2) is 4.99 Å². The van der Waals surface area contributed by atoms with Crippen LogP contribution in [0.3, 0.4) is 0 Å². The standard InChI is InChI=1S/C5H10IN/c1-2-3-4-7-5-6/h5H,2-4H2,1H3. The molecule has 1 nitrogen and oxygen atoms in total. The predicted molar refractivity (Wildman–Crippen MR) is 42.3 cm³/mol. The lowest BCUT2D eigenvalue weighted by Gasteiger charge is -1.83. The summed E-state index contributed by atoms with van der Waals surface area (Å²) in [6, 6.07) is 0. The molecule has 2 heteroatoms. The Morgan fingerprint density at radius 1 is 1.71 bits per heavy atom. The molecule has 0 aliphatic rings. The molecule has 0 unspecified atom stereocenters. The lowest BCUT2D eigenvalue weighted by molar-refractivity contribution is 0.811. The van der Waals surface area contributed by atoms with E-state index in [1.165, 1.54) is 12.8 Å². The van der Waals surface area contributed by atoms with Crippen molar-refractivity contribution in [3.63, 3.8) is 0 Å². The maximum absolute atomic E-state index is 4.02. The monoisotopic (exact) mass is 211 g/mol. The summed E-state index contributed by atoms with van der Waals surface area (Å²) >= 11 is 2.14. The Labute approximate surface area is 58.4 Å². The molecule has 0 amide bonds. The van der Waals surface area contributed by atoms with Crippen molar-refractivity contribution in [3.05, 3.63) is 0 Å². The van der Waals surface area contributed by atoms with Crippen LogP contribution in [0.4, 0.5) is 0 Å². The van der Waals surface area contributed by atoms with E-state index in [2.05, 4.69) is 34.5 Å². The Hall–Kier alpha value is 0.400. The number of hydrogen-bond donors (Lipinski definition) is 0. The first-order valence-electron chi connectivity index (χ1n) is 2.50. The molecule has 0 aromatic rings. The molecule has 0 aromatic heterocycles. The zero-order valence-electron chi connectivity index (χ0n) is 4.52. The van der Waals surface area contributed by atoms with Crippen LogP contribution < -0.4 is 0 Å². The average Bonchev–Trinajstić information content (AvgIpc) is 1.69. The van der Waals surface area contributed by atoms with E-state index in [-0.39, 0.29) is 0 Å². The van der Waals surface area contributed by atoms with Gasteiger partial charge in [-0.15, -0.1) is 0 Å². The molecule has 0 spiro atoms. The van der Waals surface area contributed by atoms with Crippen LogP contribution in [-0.2, 0) is 0 Å². The first-order chi connectivity index (χ1) is 3.41. The van der Waals surface area contributed by atoms with E-state index in [1.807, 2.05) is 4.22 Å². The van der Waals surface area contributed by atoms with E-state index >= 15 is 0 Å². The fourth-order valence-electron chi connectivity index (χ4n) is 0.298. The minimum atomic E-state index is 0.999. The van der Waals surface area contributed by atoms with Gasteiger partial charge in [0.1, 0.15) is 0 Å². The molecule has 0 atom stereocenters. The van der Waals surface area contributed by atoms with Gasteiger partial charge >= 0.3 is 0 Å². The third-order valence-corrected chi connectivity index (χ3v) is 1.10. The Balaban J connectivity index is 2.69. The first kappa shape index (κ1) is 7.40. The van der Waals surface area contributed by atoms with Crippen molar-refractivity contribution >= 4 is 26.8 Å². The minimum Gasteiger partial charge on any atom is -0.287 e. The lowest BCUT2D eigenvalue weighted by Crippen LogP contribution is -1.75. The number of rotatable bonds is 3. The van der Waals surface area contributed by atoms with Gasteiger partial charge in [-0.1, -0.05) is 13.3 Å². The third-order valence-electron chi connectivity index (χ3n) is 0.710. The topological polar surface area (TPSA) is 12.4 Å². The minimum absolute atomic E-state index is 0.999. The SMILES string of the molecule is CCCCN=CI. The average molecular weight is 211 g/mol. The second kappa shape index (κ2) is 6.40. The maximum atomic E-state index is 4.02. The van der Waals surface area contributed by atoms with E-state index in [1.54, 1.807) is 0 Å². The molecule has 42 valence electrons. The molecule has 0 rings (SSSR count). The van der Waals surface area contributed by atoms with Gasteiger partial charge in [0.25, 0.3) is 0 Å². The van der Waals surface area contributed by atoms with Crippen molar-refractivity contribution in [1.82, 2.24) is 0 Å². The Bertz CT molecular complexity index is 52.0. The molecule has 0 bridgehead atoms. The van der Waals surface area contributed by atoms with Crippen LogP contribution >= 0.6 is 22.6 Å². The summed E-state index contributed by atoms with van der Waals surface area (Å²) in [4.78, 5) is 4.02. The van der Waals surface area contributed by atoms with Gasteiger partial charge in [0.15, 0.2) is 0 Å². The quantitative estimate of drug-likeness (QED) is 0.385. The van der Waals surface area contributed by atoms with Crippen LogP contribution in [0.1, 0.15) is 19.8 Å². The second-order valence-corrected chi connectivity index (χ2v) is 1.91. The van der Waals surface area contributed by atoms with E-state index in [9.17, 15) is 0 Å². The Morgan fingerprint density at radius 2 is 2.43 bits per heavy atom. The van der Waals surface area contributed by atoms with Crippen molar-refractivity contribution in [2.75, 3.05) is 6.54 Å². The zero-order chi connectivity index (χ0) is 5.54. The molecule has 0 saturated carbocycles. The first-order valence-corrected chi connectivity index (χ1v) is 3.75. The number of nitrogens with zero attached hydrogens (tertiary/aromatic N) is 1. The summed E-state index contributed by atoms with van der Waals surface area (Å²) in [6.45, 7) is 3.17. The lowest BCUT2D eigenvalue weighted by atomic mass is 10.3. The van der Waals surface area contributed by atoms with Gasteiger partial charge in [0.05, 0.1) is 4.22 Å². The van der Waals surface area contributed by atoms with Crippen LogP contribution in [0.5, 0.6) is 0 Å². The van der Waals surface area contributed by atoms with Gasteiger partial charge < -0.3 is 0 Å². The van der Waals surface area contributed by atoms with E-state index in [0.29, 0.717) is 0 Å². The summed E-state index contributed by atoms with van der Waals surface area (Å²) in [5, 5.41) is 0. The molecule has 0 fully saturated rings. The van der Waals surface area contributed by atoms with Crippen molar-refractivity contribution in [2.24, 2.45) is 4.99 Å². The summed E-state index contributed by atoms with van der Waals surface area (Å²) in [6.07, 6.45) is 2.47. The fraction of sp³-hybridized carbons (Fsp3) is 0.800. The normalized spacial score (nSPS) is 10.6. The number of aliphatic imine (C=N–C) groups is 1. The van der Waals surface area contributed by atoms with Gasteiger partial charge in [-0.3, -0.25) is 4.99 Å². The largest absolute Gasteiger partial charge is 0.287 e. The molecule has 7 heavy (non-hydrogen) atoms. The van der Waals surface area contributed by atoms with E-state index < -0.39 is 0 Å². The summed E-state index contributed by atoms with van der Waals surface area (Å²) in [5.74, 6) is 0. The molecule has 0 saturated heterocycles. The third kappa shape index (κ3) is 6.40. The number of halogens is 1. The highest BCUT2D eigenvalue weighted by Gasteiger charge is 1.73. The van der Waals surface area contributed by atoms with Gasteiger partial charge in [-0.25, -0.2) is 0 Å². The molecular formula is C5H10IN. The zero-order valence-corrected chi connectivity index (χ0v) is 6.68. The van der Waals surface area contributed by atoms with Gasteiger partial charge in [-0.2, -0.15) is 0 Å². The Kier molecular flexibility index (Phi) is 6.77. The fourth-order valence-corrected chi connectivity index (χ4v) is 0.577. The van der Waals surface area contributed by atoms with Crippen LogP contribution in [0.2, 0.25) is 0 Å². The van der Waals surface area contributed by atoms with Gasteiger partial charge in [0, 0.05) is 6.54 Å². The number of unbranched alkanes of at least 4 members (excludes halogenated alkanes) is 1. The molecule has 0 aromatic carbocycles. The molecule has 0 heterocycles. The molecule has 0 aliphatic heterocycles. The summed E-state index contributed by atoms with van der Waals surface area (Å²) in [7, 11) is 0. The van der Waals surface area contributed by atoms with Crippen molar-refractivity contribution in [1.29, 1.82) is 0 Å². The highest BCUT2D eigenvalue weighted by atomic mass is 127. The van der Waals surface area contributed by atoms with Crippen LogP contribution in [0, 0.1) is 0 Å². The highest BCUT2D eigenvalue weighted by molar-refractivity contribution is 14.1. The predicted octanol–water partition coefficient (Wildman–Crippen LogP) is 2.25. The number of hydrogen-bond acceptors (Lipinski definition) is 1. The van der Waals surface area contributed by atoms with Crippen LogP contribution in [0.25, 0.3) is 0 Å². The Morgan fingerprint density at radius 3 is 2.86 bits per heavy atom. The smallest absolute Gasteiger partial charge is 0.0595 e. The summed E-state index contributed by atoms with van der Waals surface area (Å²) in [5.41, 5.74) is 0. The van der Waals surface area contributed by atoms with E-state index in [0.717, 1.165) is 6.54 Å². The molecule has 0 radical (unpaired) electrons. The summed E-state index contributed by atoms with van der Waals surface area (Å²) < 4.78 is 1.83. The van der Waals surface area contributed by atoms with Crippen molar-refractivity contribution < 1.29 is 0 Å². The van der Waals surface area contributed by atoms with Crippen molar-refractivity contribution in [3.8, 4) is 0 Å². The second-order valence-electron chi connectivity index (χ2n) is 1.36. The molecule has 0 aliphatic carbocycles. The molecular weight excluding hydrogens is 201 g/mol. The van der Waals surface area contributed by atoms with Gasteiger partial charge in [-0.05, 0) is 29.0 Å². The van der Waals surface area contributed by atoms with E-state index in [4.69, 9.17) is 0 Å². The van der Waals surface area contributed by atoms with Crippen molar-refractivity contribution in [2.45, 2.75) is 19.8 Å². The maximum Gasteiger partial charge on any atom is 0.0595 e. The van der Waals surface area contributed by atoms with Crippen LogP contribution in [-0.4, -0.2) is 10.8 Å². The molecule has 0 N–H and O–H groups in total.